The van der Waals surface area contributed by atoms with Crippen LogP contribution in [0.5, 0.6) is 0 Å². The highest BCUT2D eigenvalue weighted by Crippen LogP contribution is 2.25. The number of nitrogens with two attached hydrogens (primary N) is 1. The maximum Gasteiger partial charge on any atom is 0.236 e. The molecule has 7 nitrogen and oxygen atoms in total. The number of benzene rings is 2. The van der Waals surface area contributed by atoms with E-state index in [0.717, 1.165) is 5.56 Å². The fraction of sp³-hybridized carbons (Fsp3) is 0.409. The summed E-state index contributed by atoms with van der Waals surface area (Å²) in [4.78, 5) is 14.8. The van der Waals surface area contributed by atoms with Gasteiger partial charge in [0.25, 0.3) is 0 Å². The third kappa shape index (κ3) is 4.29. The topological polar surface area (TPSA) is 86.3 Å². The molecular formula is C22H27N5O2S. The summed E-state index contributed by atoms with van der Waals surface area (Å²) in [5, 5.41) is 11.1. The third-order valence-electron chi connectivity index (χ3n) is 5.32. The summed E-state index contributed by atoms with van der Waals surface area (Å²) in [6.07, 6.45) is 0.660. The highest BCUT2D eigenvalue weighted by molar-refractivity contribution is 8.00. The highest BCUT2D eigenvalue weighted by Gasteiger charge is 2.30. The zero-order valence-electron chi connectivity index (χ0n) is 17.5. The Morgan fingerprint density at radius 3 is 2.63 bits per heavy atom. The number of morpholine rings is 1. The highest BCUT2D eigenvalue weighted by atomic mass is 32.2. The lowest BCUT2D eigenvalue weighted by molar-refractivity contribution is -0.142. The molecule has 0 radical (unpaired) electrons. The van der Waals surface area contributed by atoms with Gasteiger partial charge in [0.15, 0.2) is 5.82 Å². The monoisotopic (exact) mass is 425 g/mol. The first-order chi connectivity index (χ1) is 14.4. The smallest absolute Gasteiger partial charge is 0.236 e. The molecule has 0 saturated carbocycles. The number of carbonyl (C=O) groups is 1. The third-order valence-corrected chi connectivity index (χ3v) is 6.37. The number of rotatable bonds is 5. The van der Waals surface area contributed by atoms with E-state index in [-0.39, 0.29) is 23.4 Å². The van der Waals surface area contributed by atoms with E-state index in [9.17, 15) is 4.79 Å². The largest absolute Gasteiger partial charge is 0.372 e. The van der Waals surface area contributed by atoms with Gasteiger partial charge in [-0.25, -0.2) is 4.68 Å². The first kappa shape index (κ1) is 20.7. The van der Waals surface area contributed by atoms with Crippen LogP contribution in [0, 0.1) is 0 Å². The van der Waals surface area contributed by atoms with Crippen LogP contribution in [0.15, 0.2) is 47.6 Å². The Morgan fingerprint density at radius 2 is 1.87 bits per heavy atom. The summed E-state index contributed by atoms with van der Waals surface area (Å²) >= 11 is 1.34. The number of aromatic nitrogens is 3. The Balaban J connectivity index is 1.47. The van der Waals surface area contributed by atoms with Crippen LogP contribution < -0.4 is 5.84 Å². The number of nitrogen functional groups attached to an aromatic ring is 1. The Bertz CT molecular complexity index is 1040. The van der Waals surface area contributed by atoms with Gasteiger partial charge in [0.1, 0.15) is 0 Å². The van der Waals surface area contributed by atoms with Crippen LogP contribution in [0.3, 0.4) is 0 Å². The predicted octanol–water partition coefficient (Wildman–Crippen LogP) is 2.85. The van der Waals surface area contributed by atoms with E-state index >= 15 is 0 Å². The minimum Gasteiger partial charge on any atom is -0.372 e. The van der Waals surface area contributed by atoms with Crippen molar-refractivity contribution in [1.82, 2.24) is 19.8 Å². The molecule has 3 aromatic rings. The predicted molar refractivity (Wildman–Crippen MR) is 119 cm³/mol. The average molecular weight is 426 g/mol. The minimum atomic E-state index is -0.306. The normalized spacial score (nSPS) is 20.4. The van der Waals surface area contributed by atoms with Crippen LogP contribution in [0.1, 0.15) is 32.2 Å². The van der Waals surface area contributed by atoms with Gasteiger partial charge in [-0.1, -0.05) is 54.2 Å². The number of hydrogen-bond donors (Lipinski definition) is 1. The molecule has 0 spiro atoms. The van der Waals surface area contributed by atoms with E-state index in [1.54, 1.807) is 0 Å². The van der Waals surface area contributed by atoms with Crippen molar-refractivity contribution in [3.05, 3.63) is 53.9 Å². The SMILES string of the molecule is C[C@@H]1CN(C(=O)[C@H](C)Sc2nnc(Cc3cccc4ccccc34)n2N)C[C@@H](C)O1. The van der Waals surface area contributed by atoms with Gasteiger partial charge in [0, 0.05) is 19.5 Å². The first-order valence-corrected chi connectivity index (χ1v) is 11.1. The van der Waals surface area contributed by atoms with Crippen molar-refractivity contribution in [1.29, 1.82) is 0 Å². The summed E-state index contributed by atoms with van der Waals surface area (Å²) in [5.41, 5.74) is 1.14. The Kier molecular flexibility index (Phi) is 5.97. The summed E-state index contributed by atoms with van der Waals surface area (Å²) in [5.74, 6) is 7.03. The van der Waals surface area contributed by atoms with Crippen LogP contribution in [0.4, 0.5) is 0 Å². The molecule has 8 heteroatoms. The molecule has 1 fully saturated rings. The van der Waals surface area contributed by atoms with Crippen molar-refractivity contribution in [2.75, 3.05) is 18.9 Å². The van der Waals surface area contributed by atoms with Crippen LogP contribution in [0.2, 0.25) is 0 Å². The van der Waals surface area contributed by atoms with Gasteiger partial charge < -0.3 is 15.5 Å². The molecule has 4 rings (SSSR count). The molecule has 1 saturated heterocycles. The molecule has 0 aliphatic carbocycles. The Morgan fingerprint density at radius 1 is 1.17 bits per heavy atom. The van der Waals surface area contributed by atoms with E-state index < -0.39 is 0 Å². The van der Waals surface area contributed by atoms with Crippen molar-refractivity contribution in [2.24, 2.45) is 0 Å². The quantitative estimate of drug-likeness (QED) is 0.500. The number of amides is 1. The number of fused-ring (bicyclic) bond motifs is 1. The summed E-state index contributed by atoms with van der Waals surface area (Å²) in [6, 6.07) is 14.5. The van der Waals surface area contributed by atoms with E-state index in [1.165, 1.54) is 27.2 Å². The molecule has 2 N–H and O–H groups in total. The lowest BCUT2D eigenvalue weighted by Gasteiger charge is -2.36. The number of hydrogen-bond acceptors (Lipinski definition) is 6. The van der Waals surface area contributed by atoms with Crippen molar-refractivity contribution >= 4 is 28.4 Å². The van der Waals surface area contributed by atoms with Crippen molar-refractivity contribution < 1.29 is 9.53 Å². The molecule has 1 aliphatic rings. The molecule has 3 atom stereocenters. The van der Waals surface area contributed by atoms with Crippen LogP contribution in [-0.4, -0.2) is 56.2 Å². The van der Waals surface area contributed by atoms with Crippen LogP contribution >= 0.6 is 11.8 Å². The van der Waals surface area contributed by atoms with E-state index in [4.69, 9.17) is 10.6 Å². The molecule has 0 unspecified atom stereocenters. The van der Waals surface area contributed by atoms with Crippen LogP contribution in [-0.2, 0) is 16.0 Å². The zero-order chi connectivity index (χ0) is 21.3. The number of ether oxygens (including phenoxy) is 1. The molecule has 158 valence electrons. The Labute approximate surface area is 180 Å². The molecule has 1 aromatic heterocycles. The van der Waals surface area contributed by atoms with Gasteiger partial charge in [0.2, 0.25) is 11.1 Å². The lowest BCUT2D eigenvalue weighted by Crippen LogP contribution is -2.50. The molecular weight excluding hydrogens is 398 g/mol. The van der Waals surface area contributed by atoms with Crippen LogP contribution in [0.25, 0.3) is 10.8 Å². The van der Waals surface area contributed by atoms with Crippen molar-refractivity contribution in [3.63, 3.8) is 0 Å². The second kappa shape index (κ2) is 8.65. The molecule has 2 aromatic carbocycles. The average Bonchev–Trinajstić information content (AvgIpc) is 3.06. The first-order valence-electron chi connectivity index (χ1n) is 10.2. The second-order valence-electron chi connectivity index (χ2n) is 7.84. The van der Waals surface area contributed by atoms with Crippen molar-refractivity contribution in [2.45, 2.75) is 49.8 Å². The summed E-state index contributed by atoms with van der Waals surface area (Å²) in [6.45, 7) is 7.08. The van der Waals surface area contributed by atoms with Gasteiger partial charge >= 0.3 is 0 Å². The second-order valence-corrected chi connectivity index (χ2v) is 9.15. The maximum atomic E-state index is 12.9. The lowest BCUT2D eigenvalue weighted by atomic mass is 10.0. The van der Waals surface area contributed by atoms with E-state index in [0.29, 0.717) is 30.5 Å². The van der Waals surface area contributed by atoms with Gasteiger partial charge in [0.05, 0.1) is 17.5 Å². The summed E-state index contributed by atoms with van der Waals surface area (Å²) in [7, 11) is 0. The van der Waals surface area contributed by atoms with E-state index in [1.807, 2.05) is 43.9 Å². The molecule has 30 heavy (non-hydrogen) atoms. The molecule has 1 aliphatic heterocycles. The number of nitrogens with zero attached hydrogens (tertiary/aromatic N) is 4. The summed E-state index contributed by atoms with van der Waals surface area (Å²) < 4.78 is 7.23. The minimum absolute atomic E-state index is 0.0420. The fourth-order valence-corrected chi connectivity index (χ4v) is 4.82. The Hall–Kier alpha value is -2.58. The van der Waals surface area contributed by atoms with Gasteiger partial charge in [-0.15, -0.1) is 10.2 Å². The fourth-order valence-electron chi connectivity index (χ4n) is 3.95. The number of thioether (sulfide) groups is 1. The molecule has 1 amide bonds. The van der Waals surface area contributed by atoms with Crippen molar-refractivity contribution in [3.8, 4) is 0 Å². The standard InChI is InChI=1S/C22H27N5O2S/c1-14-12-26(13-15(2)29-14)21(28)16(3)30-22-25-24-20(27(22)23)11-18-9-6-8-17-7-4-5-10-19(17)18/h4-10,14-16H,11-13,23H2,1-3H3/t14-,15-,16+/m1/s1. The van der Waals surface area contributed by atoms with E-state index in [2.05, 4.69) is 34.5 Å². The van der Waals surface area contributed by atoms with Gasteiger partial charge in [-0.2, -0.15) is 0 Å². The molecule has 2 heterocycles. The zero-order valence-corrected chi connectivity index (χ0v) is 18.3. The molecule has 0 bridgehead atoms. The number of carbonyl (C=O) groups excluding carboxylic acids is 1. The van der Waals surface area contributed by atoms with Gasteiger partial charge in [-0.3, -0.25) is 4.79 Å². The maximum absolute atomic E-state index is 12.9. The van der Waals surface area contributed by atoms with Gasteiger partial charge in [-0.05, 0) is 37.1 Å².